The Morgan fingerprint density at radius 2 is 1.76 bits per heavy atom. The number of nitrogens with zero attached hydrogens (tertiary/aromatic N) is 2. The van der Waals surface area contributed by atoms with Gasteiger partial charge in [-0.15, -0.1) is 0 Å². The van der Waals surface area contributed by atoms with Crippen LogP contribution in [0.2, 0.25) is 0 Å². The molecule has 1 aliphatic carbocycles. The minimum absolute atomic E-state index is 0.142. The fourth-order valence-corrected chi connectivity index (χ4v) is 5.24. The van der Waals surface area contributed by atoms with E-state index in [4.69, 9.17) is 4.74 Å². The van der Waals surface area contributed by atoms with Gasteiger partial charge >= 0.3 is 0 Å². The Kier molecular flexibility index (Phi) is 6.03. The van der Waals surface area contributed by atoms with Crippen molar-refractivity contribution in [3.05, 3.63) is 0 Å². The summed E-state index contributed by atoms with van der Waals surface area (Å²) in [6.07, 6.45) is 9.13. The van der Waals surface area contributed by atoms with Crippen LogP contribution in [0.25, 0.3) is 0 Å². The molecule has 2 amide bonds. The molecule has 25 heavy (non-hydrogen) atoms. The first-order chi connectivity index (χ1) is 12.0. The number of likely N-dealkylation sites (tertiary alicyclic amines) is 2. The number of piperidine rings is 1. The second kappa shape index (κ2) is 8.07. The zero-order valence-electron chi connectivity index (χ0n) is 16.0. The topological polar surface area (TPSA) is 49.9 Å². The van der Waals surface area contributed by atoms with Gasteiger partial charge in [-0.1, -0.05) is 19.3 Å². The average molecular weight is 351 g/mol. The number of hydrogen-bond donors (Lipinski definition) is 0. The predicted octanol–water partition coefficient (Wildman–Crippen LogP) is 2.69. The van der Waals surface area contributed by atoms with E-state index in [1.165, 1.54) is 32.1 Å². The first-order valence-corrected chi connectivity index (χ1v) is 10.1. The third-order valence-corrected chi connectivity index (χ3v) is 6.93. The number of carbonyl (C=O) groups is 2. The molecule has 3 rings (SSSR count). The molecule has 1 spiro atoms. The van der Waals surface area contributed by atoms with Crippen LogP contribution < -0.4 is 0 Å². The SMILES string of the molecule is COCC1CN(C(C)=O)CC12CCN(C(=O)CC1CCCCC1)CC2. The molecular formula is C20H34N2O3. The van der Waals surface area contributed by atoms with Crippen LogP contribution in [-0.2, 0) is 14.3 Å². The zero-order chi connectivity index (χ0) is 17.9. The van der Waals surface area contributed by atoms with Crippen molar-refractivity contribution in [2.75, 3.05) is 39.9 Å². The Bertz CT molecular complexity index is 479. The van der Waals surface area contributed by atoms with Crippen molar-refractivity contribution in [2.45, 2.75) is 58.3 Å². The largest absolute Gasteiger partial charge is 0.384 e. The molecule has 0 N–H and O–H groups in total. The molecule has 5 nitrogen and oxygen atoms in total. The highest BCUT2D eigenvalue weighted by Crippen LogP contribution is 2.45. The van der Waals surface area contributed by atoms with Crippen LogP contribution in [0.4, 0.5) is 0 Å². The number of ether oxygens (including phenoxy) is 1. The molecule has 142 valence electrons. The highest BCUT2D eigenvalue weighted by atomic mass is 16.5. The number of hydrogen-bond acceptors (Lipinski definition) is 3. The van der Waals surface area contributed by atoms with Gasteiger partial charge < -0.3 is 14.5 Å². The zero-order valence-corrected chi connectivity index (χ0v) is 16.0. The van der Waals surface area contributed by atoms with E-state index in [-0.39, 0.29) is 11.3 Å². The van der Waals surface area contributed by atoms with Gasteiger partial charge in [0.2, 0.25) is 11.8 Å². The van der Waals surface area contributed by atoms with Gasteiger partial charge in [-0.05, 0) is 37.0 Å². The molecule has 2 heterocycles. The molecule has 0 bridgehead atoms. The maximum absolute atomic E-state index is 12.7. The Labute approximate surface area is 152 Å². The second-order valence-corrected chi connectivity index (χ2v) is 8.50. The van der Waals surface area contributed by atoms with Crippen LogP contribution in [0.3, 0.4) is 0 Å². The van der Waals surface area contributed by atoms with Crippen LogP contribution in [0.5, 0.6) is 0 Å². The molecule has 5 heteroatoms. The highest BCUT2D eigenvalue weighted by molar-refractivity contribution is 5.76. The van der Waals surface area contributed by atoms with Crippen molar-refractivity contribution in [1.29, 1.82) is 0 Å². The Morgan fingerprint density at radius 3 is 2.36 bits per heavy atom. The van der Waals surface area contributed by atoms with E-state index < -0.39 is 0 Å². The van der Waals surface area contributed by atoms with Gasteiger partial charge in [0, 0.05) is 52.6 Å². The summed E-state index contributed by atoms with van der Waals surface area (Å²) in [6, 6.07) is 0. The monoisotopic (exact) mass is 350 g/mol. The third-order valence-electron chi connectivity index (χ3n) is 6.93. The van der Waals surface area contributed by atoms with Crippen LogP contribution in [0.1, 0.15) is 58.3 Å². The first-order valence-electron chi connectivity index (χ1n) is 10.1. The molecule has 0 aromatic heterocycles. The molecule has 0 aromatic carbocycles. The predicted molar refractivity (Wildman–Crippen MR) is 97.1 cm³/mol. The van der Waals surface area contributed by atoms with Gasteiger partial charge in [0.25, 0.3) is 0 Å². The standard InChI is InChI=1S/C20H34N2O3/c1-16(23)22-13-18(14-25-2)20(15-22)8-10-21(11-9-20)19(24)12-17-6-4-3-5-7-17/h17-18H,3-15H2,1-2H3. The van der Waals surface area contributed by atoms with Crippen molar-refractivity contribution in [3.8, 4) is 0 Å². The summed E-state index contributed by atoms with van der Waals surface area (Å²) in [4.78, 5) is 28.6. The van der Waals surface area contributed by atoms with Gasteiger partial charge in [-0.3, -0.25) is 9.59 Å². The lowest BCUT2D eigenvalue weighted by Crippen LogP contribution is -2.47. The molecule has 1 unspecified atom stereocenters. The lowest BCUT2D eigenvalue weighted by Gasteiger charge is -2.42. The summed E-state index contributed by atoms with van der Waals surface area (Å²) < 4.78 is 5.44. The van der Waals surface area contributed by atoms with Gasteiger partial charge in [0.15, 0.2) is 0 Å². The molecule has 1 saturated carbocycles. The maximum atomic E-state index is 12.7. The summed E-state index contributed by atoms with van der Waals surface area (Å²) in [5, 5.41) is 0. The molecule has 2 aliphatic heterocycles. The van der Waals surface area contributed by atoms with Crippen LogP contribution in [0.15, 0.2) is 0 Å². The lowest BCUT2D eigenvalue weighted by atomic mass is 9.71. The van der Waals surface area contributed by atoms with Crippen molar-refractivity contribution in [3.63, 3.8) is 0 Å². The van der Waals surface area contributed by atoms with E-state index in [1.807, 2.05) is 4.90 Å². The highest BCUT2D eigenvalue weighted by Gasteiger charge is 2.49. The fraction of sp³-hybridized carbons (Fsp3) is 0.900. The van der Waals surface area contributed by atoms with E-state index in [2.05, 4.69) is 4.90 Å². The van der Waals surface area contributed by atoms with Gasteiger partial charge in [0.05, 0.1) is 6.61 Å². The van der Waals surface area contributed by atoms with E-state index in [0.717, 1.165) is 45.4 Å². The molecule has 3 aliphatic rings. The van der Waals surface area contributed by atoms with Crippen molar-refractivity contribution in [2.24, 2.45) is 17.3 Å². The molecule has 2 saturated heterocycles. The van der Waals surface area contributed by atoms with E-state index in [0.29, 0.717) is 24.3 Å². The molecule has 0 aromatic rings. The number of rotatable bonds is 4. The van der Waals surface area contributed by atoms with Crippen LogP contribution in [0, 0.1) is 17.3 Å². The average Bonchev–Trinajstić information content (AvgIpc) is 2.95. The minimum atomic E-state index is 0.142. The molecular weight excluding hydrogens is 316 g/mol. The minimum Gasteiger partial charge on any atom is -0.384 e. The summed E-state index contributed by atoms with van der Waals surface area (Å²) in [6.45, 7) is 5.70. The third kappa shape index (κ3) is 4.18. The molecule has 0 radical (unpaired) electrons. The normalized spacial score (nSPS) is 27.0. The van der Waals surface area contributed by atoms with Crippen molar-refractivity contribution < 1.29 is 14.3 Å². The maximum Gasteiger partial charge on any atom is 0.222 e. The van der Waals surface area contributed by atoms with Gasteiger partial charge in [0.1, 0.15) is 0 Å². The van der Waals surface area contributed by atoms with E-state index in [1.54, 1.807) is 14.0 Å². The molecule has 3 fully saturated rings. The summed E-state index contributed by atoms with van der Waals surface area (Å²) in [7, 11) is 1.74. The van der Waals surface area contributed by atoms with Gasteiger partial charge in [-0.2, -0.15) is 0 Å². The number of amides is 2. The fourth-order valence-electron chi connectivity index (χ4n) is 5.24. The van der Waals surface area contributed by atoms with Crippen molar-refractivity contribution in [1.82, 2.24) is 9.80 Å². The summed E-state index contributed by atoms with van der Waals surface area (Å²) in [5.41, 5.74) is 0.142. The molecule has 1 atom stereocenters. The quantitative estimate of drug-likeness (QED) is 0.783. The summed E-state index contributed by atoms with van der Waals surface area (Å²) in [5.74, 6) is 1.52. The smallest absolute Gasteiger partial charge is 0.222 e. The summed E-state index contributed by atoms with van der Waals surface area (Å²) >= 11 is 0. The van der Waals surface area contributed by atoms with Crippen molar-refractivity contribution >= 4 is 11.8 Å². The second-order valence-electron chi connectivity index (χ2n) is 8.50. The number of carbonyl (C=O) groups excluding carboxylic acids is 2. The first kappa shape index (κ1) is 18.7. The van der Waals surface area contributed by atoms with Crippen LogP contribution in [-0.4, -0.2) is 61.5 Å². The number of methoxy groups -OCH3 is 1. The van der Waals surface area contributed by atoms with Gasteiger partial charge in [-0.25, -0.2) is 0 Å². The Hall–Kier alpha value is -1.10. The van der Waals surface area contributed by atoms with E-state index in [9.17, 15) is 9.59 Å². The van der Waals surface area contributed by atoms with E-state index >= 15 is 0 Å². The Balaban J connectivity index is 1.56. The Morgan fingerprint density at radius 1 is 1.08 bits per heavy atom. The lowest BCUT2D eigenvalue weighted by molar-refractivity contribution is -0.136. The van der Waals surface area contributed by atoms with Crippen LogP contribution >= 0.6 is 0 Å².